The minimum absolute atomic E-state index is 0.0573. The van der Waals surface area contributed by atoms with Crippen LogP contribution in [-0.4, -0.2) is 39.6 Å². The van der Waals surface area contributed by atoms with Crippen molar-refractivity contribution in [1.29, 1.82) is 0 Å². The highest BCUT2D eigenvalue weighted by molar-refractivity contribution is 6.22. The molecular formula is C24H25F3N4O2. The zero-order chi connectivity index (χ0) is 23.6. The topological polar surface area (TPSA) is 65.5 Å². The second-order valence-corrected chi connectivity index (χ2v) is 9.66. The molecule has 2 saturated carbocycles. The van der Waals surface area contributed by atoms with E-state index in [2.05, 4.69) is 10.3 Å². The molecule has 5 rings (SSSR count). The number of carbonyl (C=O) groups excluding carboxylic acids is 2. The first-order valence-electron chi connectivity index (χ1n) is 11.1. The van der Waals surface area contributed by atoms with Gasteiger partial charge in [0.25, 0.3) is 5.91 Å². The van der Waals surface area contributed by atoms with Gasteiger partial charge in [-0.05, 0) is 74.9 Å². The number of imide groups is 1. The van der Waals surface area contributed by atoms with Crippen LogP contribution >= 0.6 is 0 Å². The lowest BCUT2D eigenvalue weighted by Gasteiger charge is -2.27. The molecule has 0 radical (unpaired) electrons. The normalized spacial score (nSPS) is 21.5. The van der Waals surface area contributed by atoms with Crippen LogP contribution in [0, 0.1) is 0 Å². The molecule has 1 saturated heterocycles. The number of hydrogen-bond acceptors (Lipinski definition) is 4. The number of urea groups is 1. The molecule has 1 aliphatic heterocycles. The molecule has 174 valence electrons. The van der Waals surface area contributed by atoms with Crippen LogP contribution in [0.2, 0.25) is 0 Å². The molecule has 6 nitrogen and oxygen atoms in total. The van der Waals surface area contributed by atoms with Crippen LogP contribution in [0.1, 0.15) is 50.7 Å². The molecule has 0 unspecified atom stereocenters. The van der Waals surface area contributed by atoms with Crippen LogP contribution in [0.3, 0.4) is 0 Å². The lowest BCUT2D eigenvalue weighted by molar-refractivity contribution is -0.160. The Balaban J connectivity index is 1.38. The first-order chi connectivity index (χ1) is 15.5. The third-order valence-corrected chi connectivity index (χ3v) is 6.89. The molecule has 0 bridgehead atoms. The number of rotatable bonds is 6. The van der Waals surface area contributed by atoms with Gasteiger partial charge in [0.2, 0.25) is 0 Å². The maximum Gasteiger partial charge on any atom is 0.398 e. The summed E-state index contributed by atoms with van der Waals surface area (Å²) in [6, 6.07) is 9.23. The van der Waals surface area contributed by atoms with Gasteiger partial charge in [-0.15, -0.1) is 0 Å². The second kappa shape index (κ2) is 7.20. The van der Waals surface area contributed by atoms with E-state index >= 15 is 0 Å². The van der Waals surface area contributed by atoms with Crippen LogP contribution in [0.25, 0.3) is 0 Å². The number of nitrogens with one attached hydrogen (secondary N) is 1. The molecule has 2 aromatic rings. The predicted octanol–water partition coefficient (Wildman–Crippen LogP) is 5.00. The number of aromatic nitrogens is 1. The number of halogens is 3. The molecular weight excluding hydrogens is 433 g/mol. The Bertz CT molecular complexity index is 1110. The summed E-state index contributed by atoms with van der Waals surface area (Å²) in [5.74, 6) is 0.319. The monoisotopic (exact) mass is 458 g/mol. The second-order valence-electron chi connectivity index (χ2n) is 9.66. The molecule has 1 aromatic carbocycles. The van der Waals surface area contributed by atoms with Crippen molar-refractivity contribution < 1.29 is 22.8 Å². The average Bonchev–Trinajstić information content (AvgIpc) is 3.66. The van der Waals surface area contributed by atoms with Gasteiger partial charge in [-0.25, -0.2) is 14.7 Å². The Labute approximate surface area is 189 Å². The summed E-state index contributed by atoms with van der Waals surface area (Å²) in [5.41, 5.74) is -1.63. The van der Waals surface area contributed by atoms with Crippen LogP contribution in [0.5, 0.6) is 0 Å². The predicted molar refractivity (Wildman–Crippen MR) is 117 cm³/mol. The van der Waals surface area contributed by atoms with E-state index in [1.165, 1.54) is 29.2 Å². The Morgan fingerprint density at radius 1 is 1.09 bits per heavy atom. The molecule has 0 spiro atoms. The number of amides is 3. The zero-order valence-electron chi connectivity index (χ0n) is 18.4. The summed E-state index contributed by atoms with van der Waals surface area (Å²) in [6.07, 6.45) is -0.320. The van der Waals surface area contributed by atoms with E-state index in [-0.39, 0.29) is 30.6 Å². The maximum atomic E-state index is 13.4. The van der Waals surface area contributed by atoms with E-state index < -0.39 is 29.1 Å². The highest BCUT2D eigenvalue weighted by atomic mass is 19.4. The van der Waals surface area contributed by atoms with Crippen LogP contribution in [0.15, 0.2) is 42.6 Å². The fourth-order valence-electron chi connectivity index (χ4n) is 4.39. The van der Waals surface area contributed by atoms with Gasteiger partial charge in [0, 0.05) is 18.8 Å². The van der Waals surface area contributed by atoms with Gasteiger partial charge >= 0.3 is 12.2 Å². The number of pyridine rings is 1. The van der Waals surface area contributed by atoms with Gasteiger partial charge in [0.1, 0.15) is 11.4 Å². The SMILES string of the molecule is CC1(C)C(=O)N(c2ccc(C3(C(F)(F)F)CC3)cc2)C(=O)N1Cc1ccnc(NC2CC2)c1. The van der Waals surface area contributed by atoms with Crippen LogP contribution < -0.4 is 10.2 Å². The third-order valence-electron chi connectivity index (χ3n) is 6.89. The minimum atomic E-state index is -4.32. The van der Waals surface area contributed by atoms with Gasteiger partial charge in [-0.2, -0.15) is 13.2 Å². The van der Waals surface area contributed by atoms with Crippen molar-refractivity contribution >= 4 is 23.4 Å². The summed E-state index contributed by atoms with van der Waals surface area (Å²) >= 11 is 0. The molecule has 3 amide bonds. The third kappa shape index (κ3) is 3.63. The van der Waals surface area contributed by atoms with E-state index in [1.807, 2.05) is 6.07 Å². The highest BCUT2D eigenvalue weighted by Crippen LogP contribution is 2.59. The fourth-order valence-corrected chi connectivity index (χ4v) is 4.39. The Morgan fingerprint density at radius 2 is 1.76 bits per heavy atom. The van der Waals surface area contributed by atoms with Gasteiger partial charge < -0.3 is 10.2 Å². The van der Waals surface area contributed by atoms with E-state index in [9.17, 15) is 22.8 Å². The van der Waals surface area contributed by atoms with Crippen molar-refractivity contribution in [1.82, 2.24) is 9.88 Å². The van der Waals surface area contributed by atoms with Gasteiger partial charge in [0.15, 0.2) is 0 Å². The number of alkyl halides is 3. The van der Waals surface area contributed by atoms with Crippen molar-refractivity contribution in [2.75, 3.05) is 10.2 Å². The minimum Gasteiger partial charge on any atom is -0.367 e. The molecule has 2 heterocycles. The molecule has 1 N–H and O–H groups in total. The summed E-state index contributed by atoms with van der Waals surface area (Å²) in [5, 5.41) is 3.32. The van der Waals surface area contributed by atoms with Crippen molar-refractivity contribution in [3.63, 3.8) is 0 Å². The maximum absolute atomic E-state index is 13.4. The molecule has 3 fully saturated rings. The fraction of sp³-hybridized carbons (Fsp3) is 0.458. The Hall–Kier alpha value is -3.10. The van der Waals surface area contributed by atoms with Crippen LogP contribution in [-0.2, 0) is 16.8 Å². The van der Waals surface area contributed by atoms with Crippen molar-refractivity contribution in [3.8, 4) is 0 Å². The zero-order valence-corrected chi connectivity index (χ0v) is 18.4. The van der Waals surface area contributed by atoms with Crippen LogP contribution in [0.4, 0.5) is 29.5 Å². The number of nitrogens with zero attached hydrogens (tertiary/aromatic N) is 3. The summed E-state index contributed by atoms with van der Waals surface area (Å²) < 4.78 is 40.3. The number of carbonyl (C=O) groups is 2. The first kappa shape index (κ1) is 21.7. The van der Waals surface area contributed by atoms with E-state index in [0.29, 0.717) is 6.04 Å². The quantitative estimate of drug-likeness (QED) is 0.619. The molecule has 0 atom stereocenters. The van der Waals surface area contributed by atoms with E-state index in [4.69, 9.17) is 0 Å². The van der Waals surface area contributed by atoms with Gasteiger partial charge in [-0.1, -0.05) is 12.1 Å². The van der Waals surface area contributed by atoms with E-state index in [0.717, 1.165) is 29.1 Å². The molecule has 9 heteroatoms. The largest absolute Gasteiger partial charge is 0.398 e. The Morgan fingerprint density at radius 3 is 2.33 bits per heavy atom. The molecule has 33 heavy (non-hydrogen) atoms. The highest BCUT2D eigenvalue weighted by Gasteiger charge is 2.64. The average molecular weight is 458 g/mol. The summed E-state index contributed by atoms with van der Waals surface area (Å²) in [4.78, 5) is 33.3. The first-order valence-corrected chi connectivity index (χ1v) is 11.1. The smallest absolute Gasteiger partial charge is 0.367 e. The van der Waals surface area contributed by atoms with Gasteiger partial charge in [-0.3, -0.25) is 4.79 Å². The molecule has 2 aliphatic carbocycles. The summed E-state index contributed by atoms with van der Waals surface area (Å²) in [7, 11) is 0. The van der Waals surface area contributed by atoms with Crippen molar-refractivity contribution in [2.45, 2.75) is 69.2 Å². The molecule has 1 aromatic heterocycles. The van der Waals surface area contributed by atoms with E-state index in [1.54, 1.807) is 26.1 Å². The standard InChI is InChI=1S/C24H25F3N4O2/c1-22(2)20(32)31(18-7-3-16(4-8-18)23(10-11-23)24(25,26)27)21(33)30(22)14-15-9-12-28-19(13-15)29-17-5-6-17/h3-4,7-9,12-13,17H,5-6,10-11,14H2,1-2H3,(H,28,29). The summed E-state index contributed by atoms with van der Waals surface area (Å²) in [6.45, 7) is 3.56. The number of benzene rings is 1. The van der Waals surface area contributed by atoms with Gasteiger partial charge in [0.05, 0.1) is 11.1 Å². The molecule has 3 aliphatic rings. The number of anilines is 2. The van der Waals surface area contributed by atoms with Crippen molar-refractivity contribution in [3.05, 3.63) is 53.7 Å². The lowest BCUT2D eigenvalue weighted by Crippen LogP contribution is -2.43. The number of hydrogen-bond donors (Lipinski definition) is 1. The Kier molecular flexibility index (Phi) is 4.74. The van der Waals surface area contributed by atoms with Crippen molar-refractivity contribution in [2.24, 2.45) is 0 Å². The lowest BCUT2D eigenvalue weighted by atomic mass is 9.95.